The summed E-state index contributed by atoms with van der Waals surface area (Å²) in [6.07, 6.45) is 4.75. The molecule has 100 valence electrons. The zero-order valence-electron chi connectivity index (χ0n) is 11.3. The summed E-state index contributed by atoms with van der Waals surface area (Å²) in [5, 5.41) is 0. The van der Waals surface area contributed by atoms with Gasteiger partial charge in [0.1, 0.15) is 0 Å². The molecule has 2 rings (SSSR count). The average molecular weight is 248 g/mol. The molecule has 1 aromatic carbocycles. The summed E-state index contributed by atoms with van der Waals surface area (Å²) < 4.78 is 5.65. The van der Waals surface area contributed by atoms with Crippen molar-refractivity contribution in [3.05, 3.63) is 23.8 Å². The summed E-state index contributed by atoms with van der Waals surface area (Å²) in [6, 6.07) is 6.26. The third kappa shape index (κ3) is 3.39. The summed E-state index contributed by atoms with van der Waals surface area (Å²) in [7, 11) is 0. The molecule has 3 nitrogen and oxygen atoms in total. The fourth-order valence-corrected chi connectivity index (χ4v) is 2.42. The molecular formula is C15H24N2O. The third-order valence-electron chi connectivity index (χ3n) is 3.47. The second kappa shape index (κ2) is 6.64. The Morgan fingerprint density at radius 2 is 2.22 bits per heavy atom. The SMILES string of the molecule is CCCCOCCN1CCCc2ccc(N)cc21. The topological polar surface area (TPSA) is 38.5 Å². The fourth-order valence-electron chi connectivity index (χ4n) is 2.42. The van der Waals surface area contributed by atoms with Crippen LogP contribution in [0, 0.1) is 0 Å². The smallest absolute Gasteiger partial charge is 0.0641 e. The standard InChI is InChI=1S/C15H24N2O/c1-2-3-10-18-11-9-17-8-4-5-13-6-7-14(16)12-15(13)17/h6-7,12H,2-5,8-11,16H2,1H3. The van der Waals surface area contributed by atoms with E-state index in [1.165, 1.54) is 30.5 Å². The lowest BCUT2D eigenvalue weighted by atomic mass is 10.0. The minimum atomic E-state index is 0.814. The highest BCUT2D eigenvalue weighted by Crippen LogP contribution is 2.28. The van der Waals surface area contributed by atoms with Gasteiger partial charge >= 0.3 is 0 Å². The highest BCUT2D eigenvalue weighted by atomic mass is 16.5. The summed E-state index contributed by atoms with van der Waals surface area (Å²) in [5.74, 6) is 0. The number of ether oxygens (including phenoxy) is 1. The van der Waals surface area contributed by atoms with Crippen molar-refractivity contribution in [2.45, 2.75) is 32.6 Å². The van der Waals surface area contributed by atoms with Crippen molar-refractivity contribution in [2.24, 2.45) is 0 Å². The number of rotatable bonds is 6. The van der Waals surface area contributed by atoms with Crippen molar-refractivity contribution in [1.29, 1.82) is 0 Å². The van der Waals surface area contributed by atoms with Gasteiger partial charge in [0.25, 0.3) is 0 Å². The van der Waals surface area contributed by atoms with Crippen LogP contribution in [-0.4, -0.2) is 26.3 Å². The molecule has 0 unspecified atom stereocenters. The number of aryl methyl sites for hydroxylation is 1. The van der Waals surface area contributed by atoms with Crippen LogP contribution in [0.1, 0.15) is 31.7 Å². The van der Waals surface area contributed by atoms with Gasteiger partial charge in [-0.05, 0) is 37.0 Å². The minimum Gasteiger partial charge on any atom is -0.399 e. The molecular weight excluding hydrogens is 224 g/mol. The summed E-state index contributed by atoms with van der Waals surface area (Å²) >= 11 is 0. The molecule has 2 N–H and O–H groups in total. The maximum atomic E-state index is 5.88. The molecule has 1 aliphatic heterocycles. The van der Waals surface area contributed by atoms with E-state index in [0.717, 1.165) is 38.4 Å². The van der Waals surface area contributed by atoms with Crippen LogP contribution < -0.4 is 10.6 Å². The molecule has 0 saturated carbocycles. The van der Waals surface area contributed by atoms with Crippen LogP contribution in [0.4, 0.5) is 11.4 Å². The first-order valence-corrected chi connectivity index (χ1v) is 7.02. The quantitative estimate of drug-likeness (QED) is 0.621. The molecule has 18 heavy (non-hydrogen) atoms. The number of anilines is 2. The van der Waals surface area contributed by atoms with Gasteiger partial charge < -0.3 is 15.4 Å². The molecule has 3 heteroatoms. The summed E-state index contributed by atoms with van der Waals surface area (Å²) in [6.45, 7) is 5.98. The Hall–Kier alpha value is -1.22. The van der Waals surface area contributed by atoms with E-state index < -0.39 is 0 Å². The van der Waals surface area contributed by atoms with E-state index in [1.54, 1.807) is 0 Å². The first kappa shape index (κ1) is 13.2. The lowest BCUT2D eigenvalue weighted by molar-refractivity contribution is 0.137. The molecule has 1 heterocycles. The van der Waals surface area contributed by atoms with Crippen LogP contribution in [-0.2, 0) is 11.2 Å². The Bertz CT molecular complexity index is 379. The van der Waals surface area contributed by atoms with E-state index in [2.05, 4.69) is 24.0 Å². The Kier molecular flexibility index (Phi) is 4.88. The largest absolute Gasteiger partial charge is 0.399 e. The van der Waals surface area contributed by atoms with E-state index in [4.69, 9.17) is 10.5 Å². The molecule has 0 radical (unpaired) electrons. The van der Waals surface area contributed by atoms with Gasteiger partial charge in [-0.15, -0.1) is 0 Å². The summed E-state index contributed by atoms with van der Waals surface area (Å²) in [5.41, 5.74) is 9.46. The highest BCUT2D eigenvalue weighted by Gasteiger charge is 2.16. The number of unbranched alkanes of at least 4 members (excludes halogenated alkanes) is 1. The fraction of sp³-hybridized carbons (Fsp3) is 0.600. The van der Waals surface area contributed by atoms with Crippen molar-refractivity contribution < 1.29 is 4.74 Å². The monoisotopic (exact) mass is 248 g/mol. The molecule has 0 aliphatic carbocycles. The molecule has 1 aromatic rings. The molecule has 1 aliphatic rings. The van der Waals surface area contributed by atoms with E-state index >= 15 is 0 Å². The molecule has 0 fully saturated rings. The van der Waals surface area contributed by atoms with Crippen molar-refractivity contribution >= 4 is 11.4 Å². The van der Waals surface area contributed by atoms with E-state index in [-0.39, 0.29) is 0 Å². The van der Waals surface area contributed by atoms with Crippen molar-refractivity contribution in [3.63, 3.8) is 0 Å². The zero-order valence-corrected chi connectivity index (χ0v) is 11.3. The first-order chi connectivity index (χ1) is 8.81. The number of fused-ring (bicyclic) bond motifs is 1. The van der Waals surface area contributed by atoms with Gasteiger partial charge in [-0.2, -0.15) is 0 Å². The Labute approximate surface area is 110 Å². The normalized spacial score (nSPS) is 14.6. The van der Waals surface area contributed by atoms with Crippen molar-refractivity contribution in [1.82, 2.24) is 0 Å². The lowest BCUT2D eigenvalue weighted by Crippen LogP contribution is -2.32. The lowest BCUT2D eigenvalue weighted by Gasteiger charge is -2.31. The number of nitrogens with two attached hydrogens (primary N) is 1. The van der Waals surface area contributed by atoms with Crippen LogP contribution in [0.5, 0.6) is 0 Å². The van der Waals surface area contributed by atoms with Crippen LogP contribution in [0.3, 0.4) is 0 Å². The molecule has 0 atom stereocenters. The number of nitrogen functional groups attached to an aromatic ring is 1. The number of hydrogen-bond donors (Lipinski definition) is 1. The third-order valence-corrected chi connectivity index (χ3v) is 3.47. The maximum Gasteiger partial charge on any atom is 0.0641 e. The Balaban J connectivity index is 1.89. The second-order valence-corrected chi connectivity index (χ2v) is 4.94. The van der Waals surface area contributed by atoms with Gasteiger partial charge in [0.2, 0.25) is 0 Å². The van der Waals surface area contributed by atoms with Crippen LogP contribution >= 0.6 is 0 Å². The molecule has 0 aromatic heterocycles. The van der Waals surface area contributed by atoms with Crippen molar-refractivity contribution in [3.8, 4) is 0 Å². The number of hydrogen-bond acceptors (Lipinski definition) is 3. The van der Waals surface area contributed by atoms with Gasteiger partial charge in [-0.3, -0.25) is 0 Å². The first-order valence-electron chi connectivity index (χ1n) is 7.02. The zero-order chi connectivity index (χ0) is 12.8. The van der Waals surface area contributed by atoms with E-state index in [1.807, 2.05) is 6.07 Å². The van der Waals surface area contributed by atoms with Crippen LogP contribution in [0.2, 0.25) is 0 Å². The van der Waals surface area contributed by atoms with Crippen LogP contribution in [0.25, 0.3) is 0 Å². The van der Waals surface area contributed by atoms with Gasteiger partial charge in [-0.25, -0.2) is 0 Å². The molecule has 0 amide bonds. The molecule has 0 saturated heterocycles. The average Bonchev–Trinajstić information content (AvgIpc) is 2.39. The number of nitrogens with zero attached hydrogens (tertiary/aromatic N) is 1. The predicted molar refractivity (Wildman–Crippen MR) is 77.1 cm³/mol. The van der Waals surface area contributed by atoms with Gasteiger partial charge in [0.15, 0.2) is 0 Å². The maximum absolute atomic E-state index is 5.88. The molecule has 0 spiro atoms. The Morgan fingerprint density at radius 1 is 1.33 bits per heavy atom. The molecule has 0 bridgehead atoms. The second-order valence-electron chi connectivity index (χ2n) is 4.94. The van der Waals surface area contributed by atoms with Gasteiger partial charge in [0, 0.05) is 31.1 Å². The van der Waals surface area contributed by atoms with Gasteiger partial charge in [-0.1, -0.05) is 19.4 Å². The van der Waals surface area contributed by atoms with Crippen LogP contribution in [0.15, 0.2) is 18.2 Å². The van der Waals surface area contributed by atoms with E-state index in [9.17, 15) is 0 Å². The number of benzene rings is 1. The van der Waals surface area contributed by atoms with E-state index in [0.29, 0.717) is 0 Å². The summed E-state index contributed by atoms with van der Waals surface area (Å²) in [4.78, 5) is 2.40. The highest BCUT2D eigenvalue weighted by molar-refractivity contribution is 5.62. The predicted octanol–water partition coefficient (Wildman–Crippen LogP) is 2.84. The van der Waals surface area contributed by atoms with Gasteiger partial charge in [0.05, 0.1) is 6.61 Å². The van der Waals surface area contributed by atoms with Crippen molar-refractivity contribution in [2.75, 3.05) is 36.9 Å². The minimum absolute atomic E-state index is 0.814. The Morgan fingerprint density at radius 3 is 3.06 bits per heavy atom.